The summed E-state index contributed by atoms with van der Waals surface area (Å²) < 4.78 is 0. The largest absolute Gasteiger partial charge is 0.328 e. The lowest BCUT2D eigenvalue weighted by Gasteiger charge is -2.33. The van der Waals surface area contributed by atoms with E-state index in [9.17, 15) is 5.11 Å². The molecular formula is C11H20NO. The molecule has 0 saturated heterocycles. The van der Waals surface area contributed by atoms with E-state index >= 15 is 0 Å². The molecule has 2 atom stereocenters. The maximum atomic E-state index is 11.7. The van der Waals surface area contributed by atoms with Crippen molar-refractivity contribution in [1.82, 2.24) is 0 Å². The van der Waals surface area contributed by atoms with Crippen molar-refractivity contribution in [2.75, 3.05) is 6.54 Å². The molecule has 2 N–H and O–H groups in total. The van der Waals surface area contributed by atoms with Crippen LogP contribution in [0.4, 0.5) is 0 Å². The van der Waals surface area contributed by atoms with Gasteiger partial charge in [-0.25, -0.2) is 5.11 Å². The Kier molecular flexibility index (Phi) is 2.61. The van der Waals surface area contributed by atoms with Crippen LogP contribution in [0.25, 0.3) is 0 Å². The summed E-state index contributed by atoms with van der Waals surface area (Å²) in [5.74, 6) is 0.403. The van der Waals surface area contributed by atoms with Gasteiger partial charge in [0.1, 0.15) is 6.10 Å². The summed E-state index contributed by atoms with van der Waals surface area (Å²) in [4.78, 5) is 0. The first-order valence-electron chi connectivity index (χ1n) is 5.64. The first-order chi connectivity index (χ1) is 6.28. The second kappa shape index (κ2) is 3.58. The molecule has 0 aromatic rings. The van der Waals surface area contributed by atoms with Gasteiger partial charge in [0.15, 0.2) is 0 Å². The van der Waals surface area contributed by atoms with E-state index in [0.29, 0.717) is 17.9 Å². The van der Waals surface area contributed by atoms with Crippen molar-refractivity contribution >= 4 is 0 Å². The Hall–Kier alpha value is -0.0800. The van der Waals surface area contributed by atoms with Crippen molar-refractivity contribution in [3.63, 3.8) is 0 Å². The van der Waals surface area contributed by atoms with Gasteiger partial charge in [0.25, 0.3) is 0 Å². The van der Waals surface area contributed by atoms with E-state index in [1.807, 2.05) is 0 Å². The van der Waals surface area contributed by atoms with Gasteiger partial charge in [-0.2, -0.15) is 0 Å². The van der Waals surface area contributed by atoms with Crippen molar-refractivity contribution in [1.29, 1.82) is 0 Å². The topological polar surface area (TPSA) is 45.9 Å². The number of hydrogen-bond acceptors (Lipinski definition) is 1. The van der Waals surface area contributed by atoms with Crippen LogP contribution in [-0.4, -0.2) is 12.6 Å². The quantitative estimate of drug-likeness (QED) is 0.698. The monoisotopic (exact) mass is 182 g/mol. The fraction of sp³-hybridized carbons (Fsp3) is 1.00. The molecule has 2 heteroatoms. The van der Waals surface area contributed by atoms with Gasteiger partial charge in [-0.15, -0.1) is 0 Å². The SMILES string of the molecule is NCC([O])C1CCCC12CCCC2. The van der Waals surface area contributed by atoms with Gasteiger partial charge in [-0.3, -0.25) is 0 Å². The molecule has 1 spiro atoms. The Morgan fingerprint density at radius 2 is 1.85 bits per heavy atom. The zero-order chi connectivity index (χ0) is 9.31. The lowest BCUT2D eigenvalue weighted by atomic mass is 9.74. The van der Waals surface area contributed by atoms with Crippen molar-refractivity contribution in [2.45, 2.75) is 51.0 Å². The van der Waals surface area contributed by atoms with E-state index in [-0.39, 0.29) is 0 Å². The molecule has 2 fully saturated rings. The molecule has 0 bridgehead atoms. The van der Waals surface area contributed by atoms with Crippen LogP contribution in [0.15, 0.2) is 0 Å². The van der Waals surface area contributed by atoms with E-state index in [2.05, 4.69) is 0 Å². The Morgan fingerprint density at radius 3 is 2.46 bits per heavy atom. The van der Waals surface area contributed by atoms with Crippen LogP contribution < -0.4 is 5.73 Å². The number of rotatable bonds is 2. The molecule has 2 unspecified atom stereocenters. The highest BCUT2D eigenvalue weighted by molar-refractivity contribution is 4.97. The molecular weight excluding hydrogens is 162 g/mol. The van der Waals surface area contributed by atoms with Gasteiger partial charge >= 0.3 is 0 Å². The van der Waals surface area contributed by atoms with Crippen molar-refractivity contribution in [3.8, 4) is 0 Å². The molecule has 2 nitrogen and oxygen atoms in total. The molecule has 1 radical (unpaired) electrons. The van der Waals surface area contributed by atoms with E-state index in [4.69, 9.17) is 5.73 Å². The predicted molar refractivity (Wildman–Crippen MR) is 51.8 cm³/mol. The fourth-order valence-corrected chi connectivity index (χ4v) is 3.61. The first kappa shape index (κ1) is 9.47. The van der Waals surface area contributed by atoms with Crippen LogP contribution >= 0.6 is 0 Å². The van der Waals surface area contributed by atoms with Crippen LogP contribution in [0.2, 0.25) is 0 Å². The average molecular weight is 182 g/mol. The Morgan fingerprint density at radius 1 is 1.23 bits per heavy atom. The Balaban J connectivity index is 2.08. The average Bonchev–Trinajstić information content (AvgIpc) is 2.76. The minimum absolute atomic E-state index is 0.340. The maximum Gasteiger partial charge on any atom is 0.108 e. The van der Waals surface area contributed by atoms with Gasteiger partial charge in [-0.1, -0.05) is 19.3 Å². The summed E-state index contributed by atoms with van der Waals surface area (Å²) in [6.45, 7) is 0.340. The van der Waals surface area contributed by atoms with Gasteiger partial charge < -0.3 is 5.73 Å². The van der Waals surface area contributed by atoms with Crippen LogP contribution in [0.3, 0.4) is 0 Å². The minimum atomic E-state index is -0.486. The molecule has 0 heterocycles. The third kappa shape index (κ3) is 1.50. The van der Waals surface area contributed by atoms with E-state index in [1.54, 1.807) is 0 Å². The second-order valence-corrected chi connectivity index (χ2v) is 4.84. The molecule has 2 aliphatic rings. The summed E-state index contributed by atoms with van der Waals surface area (Å²) >= 11 is 0. The smallest absolute Gasteiger partial charge is 0.108 e. The zero-order valence-corrected chi connectivity index (χ0v) is 8.30. The van der Waals surface area contributed by atoms with Gasteiger partial charge in [0, 0.05) is 6.54 Å². The van der Waals surface area contributed by atoms with Gasteiger partial charge in [-0.05, 0) is 37.0 Å². The standard InChI is InChI=1S/C11H20NO/c12-8-10(13)9-4-3-7-11(9)5-1-2-6-11/h9-10H,1-8,12H2. The predicted octanol–water partition coefficient (Wildman–Crippen LogP) is 2.10. The van der Waals surface area contributed by atoms with Crippen LogP contribution in [-0.2, 0) is 5.11 Å². The molecule has 0 aliphatic heterocycles. The molecule has 13 heavy (non-hydrogen) atoms. The molecule has 2 saturated carbocycles. The Bertz CT molecular complexity index is 169. The zero-order valence-electron chi connectivity index (χ0n) is 8.30. The molecule has 2 rings (SSSR count). The highest BCUT2D eigenvalue weighted by Gasteiger charge is 2.47. The van der Waals surface area contributed by atoms with E-state index < -0.39 is 6.10 Å². The molecule has 0 aromatic carbocycles. The van der Waals surface area contributed by atoms with E-state index in [0.717, 1.165) is 6.42 Å². The molecule has 0 aromatic heterocycles. The van der Waals surface area contributed by atoms with Crippen LogP contribution in [0, 0.1) is 11.3 Å². The van der Waals surface area contributed by atoms with Gasteiger partial charge in [0.05, 0.1) is 0 Å². The van der Waals surface area contributed by atoms with Crippen LogP contribution in [0.1, 0.15) is 44.9 Å². The highest BCUT2D eigenvalue weighted by Crippen LogP contribution is 2.55. The Labute approximate surface area is 80.5 Å². The fourth-order valence-electron chi connectivity index (χ4n) is 3.61. The lowest BCUT2D eigenvalue weighted by Crippen LogP contribution is -2.36. The molecule has 2 aliphatic carbocycles. The molecule has 75 valence electrons. The minimum Gasteiger partial charge on any atom is -0.328 e. The lowest BCUT2D eigenvalue weighted by molar-refractivity contribution is -0.00462. The summed E-state index contributed by atoms with van der Waals surface area (Å²) in [6.07, 6.45) is 8.51. The summed E-state index contributed by atoms with van der Waals surface area (Å²) in [6, 6.07) is 0. The van der Waals surface area contributed by atoms with Crippen molar-refractivity contribution in [3.05, 3.63) is 0 Å². The van der Waals surface area contributed by atoms with E-state index in [1.165, 1.54) is 38.5 Å². The maximum absolute atomic E-state index is 11.7. The van der Waals surface area contributed by atoms with Crippen LogP contribution in [0.5, 0.6) is 0 Å². The normalized spacial score (nSPS) is 34.2. The highest BCUT2D eigenvalue weighted by atomic mass is 16.3. The summed E-state index contributed by atoms with van der Waals surface area (Å²) in [5.41, 5.74) is 5.93. The summed E-state index contributed by atoms with van der Waals surface area (Å²) in [7, 11) is 0. The number of hydrogen-bond donors (Lipinski definition) is 1. The summed E-state index contributed by atoms with van der Waals surface area (Å²) in [5, 5.41) is 11.7. The van der Waals surface area contributed by atoms with Crippen molar-refractivity contribution < 1.29 is 5.11 Å². The van der Waals surface area contributed by atoms with Gasteiger partial charge in [0.2, 0.25) is 0 Å². The third-order valence-corrected chi connectivity index (χ3v) is 4.26. The van der Waals surface area contributed by atoms with Crippen molar-refractivity contribution in [2.24, 2.45) is 17.1 Å². The first-order valence-corrected chi connectivity index (χ1v) is 5.64. The second-order valence-electron chi connectivity index (χ2n) is 4.84. The molecule has 0 amide bonds. The number of nitrogens with two attached hydrogens (primary N) is 1. The third-order valence-electron chi connectivity index (χ3n) is 4.26.